The van der Waals surface area contributed by atoms with E-state index in [2.05, 4.69) is 0 Å². The van der Waals surface area contributed by atoms with Gasteiger partial charge in [0, 0.05) is 25.2 Å². The van der Waals surface area contributed by atoms with Crippen LogP contribution in [0, 0.1) is 17.8 Å². The minimum Gasteiger partial charge on any atom is -0.303 e. The standard InChI is InChI=1S/C15H24O4/c1-13(6-4-10-17)15(8-2-3-9-16)14(12-19)7-5-11-18/h9-15H,2-8H2,1H3. The molecule has 0 fully saturated rings. The number of carbonyl (C=O) groups excluding carboxylic acids is 4. The largest absolute Gasteiger partial charge is 0.303 e. The van der Waals surface area contributed by atoms with Gasteiger partial charge in [0.25, 0.3) is 0 Å². The van der Waals surface area contributed by atoms with Crippen LogP contribution < -0.4 is 0 Å². The fourth-order valence-electron chi connectivity index (χ4n) is 2.55. The Morgan fingerprint density at radius 2 is 1.37 bits per heavy atom. The van der Waals surface area contributed by atoms with Gasteiger partial charge >= 0.3 is 0 Å². The second kappa shape index (κ2) is 11.8. The third-order valence-electron chi connectivity index (χ3n) is 3.67. The highest BCUT2D eigenvalue weighted by Gasteiger charge is 2.25. The average Bonchev–Trinajstić information content (AvgIpc) is 2.43. The Morgan fingerprint density at radius 3 is 1.89 bits per heavy atom. The Hall–Kier alpha value is -1.32. The maximum atomic E-state index is 11.2. The lowest BCUT2D eigenvalue weighted by molar-refractivity contribution is -0.114. The van der Waals surface area contributed by atoms with Gasteiger partial charge in [-0.15, -0.1) is 0 Å². The summed E-state index contributed by atoms with van der Waals surface area (Å²) in [4.78, 5) is 42.5. The van der Waals surface area contributed by atoms with Gasteiger partial charge in [-0.1, -0.05) is 6.92 Å². The molecule has 0 heterocycles. The number of hydrogen-bond acceptors (Lipinski definition) is 4. The van der Waals surface area contributed by atoms with Crippen molar-refractivity contribution in [2.24, 2.45) is 17.8 Å². The number of rotatable bonds is 13. The number of carbonyl (C=O) groups is 4. The van der Waals surface area contributed by atoms with Gasteiger partial charge in [-0.3, -0.25) is 0 Å². The number of unbranched alkanes of at least 4 members (excludes halogenated alkanes) is 1. The summed E-state index contributed by atoms with van der Waals surface area (Å²) in [5.41, 5.74) is 0. The molecule has 0 spiro atoms. The smallest absolute Gasteiger partial charge is 0.123 e. The van der Waals surface area contributed by atoms with Crippen LogP contribution in [0.1, 0.15) is 51.9 Å². The van der Waals surface area contributed by atoms with E-state index in [-0.39, 0.29) is 17.8 Å². The summed E-state index contributed by atoms with van der Waals surface area (Å²) in [6.07, 6.45) is 7.75. The first-order chi connectivity index (χ1) is 9.21. The predicted octanol–water partition coefficient (Wildman–Crippen LogP) is 2.38. The first-order valence-electron chi connectivity index (χ1n) is 6.97. The van der Waals surface area contributed by atoms with Crippen molar-refractivity contribution in [3.8, 4) is 0 Å². The van der Waals surface area contributed by atoms with Crippen LogP contribution >= 0.6 is 0 Å². The van der Waals surface area contributed by atoms with E-state index in [9.17, 15) is 19.2 Å². The molecule has 0 saturated heterocycles. The van der Waals surface area contributed by atoms with Gasteiger partial charge in [0.15, 0.2) is 0 Å². The SMILES string of the molecule is CC(CCC=O)C(CCCC=O)C(C=O)CCC=O. The molecule has 0 amide bonds. The first-order valence-corrected chi connectivity index (χ1v) is 6.97. The molecular formula is C15H24O4. The van der Waals surface area contributed by atoms with E-state index in [1.54, 1.807) is 0 Å². The lowest BCUT2D eigenvalue weighted by Crippen LogP contribution is -2.24. The molecule has 3 unspecified atom stereocenters. The number of hydrogen-bond donors (Lipinski definition) is 0. The van der Waals surface area contributed by atoms with Gasteiger partial charge in [-0.2, -0.15) is 0 Å². The molecule has 0 radical (unpaired) electrons. The van der Waals surface area contributed by atoms with Crippen LogP contribution in [-0.4, -0.2) is 25.1 Å². The van der Waals surface area contributed by atoms with Crippen molar-refractivity contribution in [1.82, 2.24) is 0 Å². The Balaban J connectivity index is 4.57. The highest BCUT2D eigenvalue weighted by atomic mass is 16.1. The van der Waals surface area contributed by atoms with Gasteiger partial charge in [0.2, 0.25) is 0 Å². The Labute approximate surface area is 114 Å². The lowest BCUT2D eigenvalue weighted by atomic mass is 9.76. The zero-order chi connectivity index (χ0) is 14.5. The van der Waals surface area contributed by atoms with Gasteiger partial charge in [-0.25, -0.2) is 0 Å². The van der Waals surface area contributed by atoms with Crippen molar-refractivity contribution in [2.75, 3.05) is 0 Å². The van der Waals surface area contributed by atoms with Crippen molar-refractivity contribution >= 4 is 25.1 Å². The molecular weight excluding hydrogens is 244 g/mol. The van der Waals surface area contributed by atoms with Crippen LogP contribution in [0.15, 0.2) is 0 Å². The van der Waals surface area contributed by atoms with Gasteiger partial charge in [0.1, 0.15) is 25.1 Å². The van der Waals surface area contributed by atoms with E-state index in [0.29, 0.717) is 25.7 Å². The van der Waals surface area contributed by atoms with Crippen LogP contribution in [0.4, 0.5) is 0 Å². The summed E-state index contributed by atoms with van der Waals surface area (Å²) in [5.74, 6) is 0.245. The highest BCUT2D eigenvalue weighted by Crippen LogP contribution is 2.31. The Morgan fingerprint density at radius 1 is 0.789 bits per heavy atom. The van der Waals surface area contributed by atoms with Crippen LogP contribution in [0.5, 0.6) is 0 Å². The third-order valence-corrected chi connectivity index (χ3v) is 3.67. The average molecular weight is 268 g/mol. The van der Waals surface area contributed by atoms with E-state index in [1.165, 1.54) is 0 Å². The van der Waals surface area contributed by atoms with Crippen LogP contribution in [0.2, 0.25) is 0 Å². The van der Waals surface area contributed by atoms with Gasteiger partial charge in [0.05, 0.1) is 0 Å². The quantitative estimate of drug-likeness (QED) is 0.380. The minimum atomic E-state index is -0.154. The second-order valence-electron chi connectivity index (χ2n) is 5.03. The number of aldehydes is 4. The predicted molar refractivity (Wildman–Crippen MR) is 72.7 cm³/mol. The van der Waals surface area contributed by atoms with Crippen LogP contribution in [0.25, 0.3) is 0 Å². The normalized spacial score (nSPS) is 15.2. The molecule has 0 aliphatic carbocycles. The zero-order valence-electron chi connectivity index (χ0n) is 11.6. The van der Waals surface area contributed by atoms with Crippen molar-refractivity contribution in [3.05, 3.63) is 0 Å². The molecule has 0 rings (SSSR count). The molecule has 4 nitrogen and oxygen atoms in total. The third kappa shape index (κ3) is 7.65. The molecule has 0 bridgehead atoms. The molecule has 0 N–H and O–H groups in total. The first kappa shape index (κ1) is 17.7. The minimum absolute atomic E-state index is 0.150. The van der Waals surface area contributed by atoms with Crippen molar-refractivity contribution in [1.29, 1.82) is 0 Å². The second-order valence-corrected chi connectivity index (χ2v) is 5.03. The van der Waals surface area contributed by atoms with E-state index in [1.807, 2.05) is 6.92 Å². The molecule has 4 heteroatoms. The van der Waals surface area contributed by atoms with E-state index >= 15 is 0 Å². The van der Waals surface area contributed by atoms with Crippen molar-refractivity contribution in [3.63, 3.8) is 0 Å². The topological polar surface area (TPSA) is 68.3 Å². The zero-order valence-corrected chi connectivity index (χ0v) is 11.6. The van der Waals surface area contributed by atoms with Gasteiger partial charge in [-0.05, 0) is 37.5 Å². The maximum absolute atomic E-state index is 11.2. The molecule has 0 aliphatic rings. The summed E-state index contributed by atoms with van der Waals surface area (Å²) < 4.78 is 0. The van der Waals surface area contributed by atoms with E-state index in [0.717, 1.165) is 44.4 Å². The lowest BCUT2D eigenvalue weighted by Gasteiger charge is -2.28. The van der Waals surface area contributed by atoms with E-state index < -0.39 is 0 Å². The monoisotopic (exact) mass is 268 g/mol. The summed E-state index contributed by atoms with van der Waals surface area (Å²) in [6, 6.07) is 0. The van der Waals surface area contributed by atoms with Crippen LogP contribution in [0.3, 0.4) is 0 Å². The molecule has 0 aromatic rings. The molecule has 19 heavy (non-hydrogen) atoms. The van der Waals surface area contributed by atoms with E-state index in [4.69, 9.17) is 0 Å². The highest BCUT2D eigenvalue weighted by molar-refractivity contribution is 5.56. The molecule has 0 aromatic carbocycles. The van der Waals surface area contributed by atoms with Crippen molar-refractivity contribution < 1.29 is 19.2 Å². The maximum Gasteiger partial charge on any atom is 0.123 e. The summed E-state index contributed by atoms with van der Waals surface area (Å²) in [5, 5.41) is 0. The summed E-state index contributed by atoms with van der Waals surface area (Å²) in [6.45, 7) is 2.03. The van der Waals surface area contributed by atoms with Crippen molar-refractivity contribution in [2.45, 2.75) is 51.9 Å². The Kier molecular flexibility index (Phi) is 10.9. The summed E-state index contributed by atoms with van der Waals surface area (Å²) >= 11 is 0. The fourth-order valence-corrected chi connectivity index (χ4v) is 2.55. The molecule has 0 saturated carbocycles. The molecule has 3 atom stereocenters. The molecule has 108 valence electrons. The van der Waals surface area contributed by atoms with Crippen LogP contribution in [-0.2, 0) is 19.2 Å². The molecule has 0 aromatic heterocycles. The summed E-state index contributed by atoms with van der Waals surface area (Å²) in [7, 11) is 0. The van der Waals surface area contributed by atoms with Gasteiger partial charge < -0.3 is 19.2 Å². The molecule has 0 aliphatic heterocycles. The fraction of sp³-hybridized carbons (Fsp3) is 0.733. The Bertz CT molecular complexity index is 275.